The molecule has 1 fully saturated rings. The van der Waals surface area contributed by atoms with Crippen LogP contribution in [0.15, 0.2) is 41.6 Å². The number of likely N-dealkylation sites (tertiary alicyclic amines) is 1. The number of alkyl carbamates (subject to hydrolysis) is 1. The summed E-state index contributed by atoms with van der Waals surface area (Å²) in [7, 11) is -2.40. The average Bonchev–Trinajstić information content (AvgIpc) is 3.55. The Balaban J connectivity index is 1.55. The maximum absolute atomic E-state index is 13.2. The predicted octanol–water partition coefficient (Wildman–Crippen LogP) is 3.58. The van der Waals surface area contributed by atoms with Gasteiger partial charge in [-0.2, -0.15) is 10.1 Å². The molecule has 1 aliphatic rings. The van der Waals surface area contributed by atoms with Gasteiger partial charge in [0.25, 0.3) is 10.0 Å². The predicted molar refractivity (Wildman–Crippen MR) is 160 cm³/mol. The number of hydrogen-bond acceptors (Lipinski definition) is 9. The van der Waals surface area contributed by atoms with E-state index in [4.69, 9.17) is 9.47 Å². The van der Waals surface area contributed by atoms with Crippen molar-refractivity contribution in [3.05, 3.63) is 47.8 Å². The van der Waals surface area contributed by atoms with Gasteiger partial charge in [-0.15, -0.1) is 0 Å². The van der Waals surface area contributed by atoms with E-state index >= 15 is 0 Å². The van der Waals surface area contributed by atoms with Gasteiger partial charge in [0.2, 0.25) is 17.7 Å². The molecule has 43 heavy (non-hydrogen) atoms. The van der Waals surface area contributed by atoms with Crippen molar-refractivity contribution in [3.63, 3.8) is 0 Å². The normalized spacial score (nSPS) is 16.1. The van der Waals surface area contributed by atoms with Crippen molar-refractivity contribution in [2.24, 2.45) is 7.05 Å². The summed E-state index contributed by atoms with van der Waals surface area (Å²) >= 11 is 0. The van der Waals surface area contributed by atoms with Crippen molar-refractivity contribution in [3.8, 4) is 17.1 Å². The number of sulfonamides is 1. The SMILES string of the molecule is CC[C@H](NC(=O)OC(C)(C)C)C(=O)N1CCC(Oc2cc(-c3c(C)cccc3C)nc(NS(=O)(=O)c3cnn(C)c3)n2)C1. The van der Waals surface area contributed by atoms with Gasteiger partial charge in [-0.3, -0.25) is 9.48 Å². The molecule has 14 heteroatoms. The molecule has 1 aromatic carbocycles. The third-order valence-corrected chi connectivity index (χ3v) is 8.08. The van der Waals surface area contributed by atoms with Crippen LogP contribution in [0.1, 0.15) is 51.7 Å². The Kier molecular flexibility index (Phi) is 9.28. The van der Waals surface area contributed by atoms with Gasteiger partial charge in [-0.1, -0.05) is 25.1 Å². The van der Waals surface area contributed by atoms with E-state index in [1.807, 2.05) is 39.0 Å². The Morgan fingerprint density at radius 2 is 1.86 bits per heavy atom. The molecule has 3 heterocycles. The molecule has 2 amide bonds. The molecule has 2 N–H and O–H groups in total. The quantitative estimate of drug-likeness (QED) is 0.368. The number of nitrogens with one attached hydrogen (secondary N) is 2. The Bertz CT molecular complexity index is 1580. The molecule has 1 aliphatic heterocycles. The van der Waals surface area contributed by atoms with Crippen LogP contribution in [0.4, 0.5) is 10.7 Å². The lowest BCUT2D eigenvalue weighted by molar-refractivity contribution is -0.132. The number of anilines is 1. The molecule has 2 atom stereocenters. The minimum atomic E-state index is -4.02. The zero-order valence-corrected chi connectivity index (χ0v) is 26.4. The first-order valence-electron chi connectivity index (χ1n) is 14.1. The summed E-state index contributed by atoms with van der Waals surface area (Å²) in [5, 5.41) is 6.60. The van der Waals surface area contributed by atoms with Crippen LogP contribution in [0.25, 0.3) is 11.3 Å². The van der Waals surface area contributed by atoms with Gasteiger partial charge < -0.3 is 19.7 Å². The molecule has 0 bridgehead atoms. The summed E-state index contributed by atoms with van der Waals surface area (Å²) in [5.74, 6) is -0.226. The third-order valence-electron chi connectivity index (χ3n) is 6.80. The van der Waals surface area contributed by atoms with E-state index < -0.39 is 33.9 Å². The molecular formula is C29H39N7O6S. The van der Waals surface area contributed by atoms with Crippen molar-refractivity contribution in [2.75, 3.05) is 17.8 Å². The third kappa shape index (κ3) is 8.00. The molecule has 0 aliphatic carbocycles. The Morgan fingerprint density at radius 3 is 2.47 bits per heavy atom. The molecule has 13 nitrogen and oxygen atoms in total. The van der Waals surface area contributed by atoms with Crippen LogP contribution in [0.5, 0.6) is 5.88 Å². The smallest absolute Gasteiger partial charge is 0.408 e. The maximum atomic E-state index is 13.2. The highest BCUT2D eigenvalue weighted by Crippen LogP contribution is 2.30. The summed E-state index contributed by atoms with van der Waals surface area (Å²) in [5.41, 5.74) is 2.54. The topological polar surface area (TPSA) is 158 Å². The van der Waals surface area contributed by atoms with Crippen LogP contribution in [0.2, 0.25) is 0 Å². The number of aromatic nitrogens is 4. The number of aryl methyl sites for hydroxylation is 3. The fourth-order valence-corrected chi connectivity index (χ4v) is 5.72. The fourth-order valence-electron chi connectivity index (χ4n) is 4.80. The summed E-state index contributed by atoms with van der Waals surface area (Å²) in [6, 6.07) is 6.75. The minimum Gasteiger partial charge on any atom is -0.472 e. The number of carbonyl (C=O) groups excluding carboxylic acids is 2. The van der Waals surface area contributed by atoms with Crippen LogP contribution in [-0.4, -0.2) is 75.9 Å². The number of nitrogens with zero attached hydrogens (tertiary/aromatic N) is 5. The Morgan fingerprint density at radius 1 is 1.16 bits per heavy atom. The van der Waals surface area contributed by atoms with Gasteiger partial charge in [0.05, 0.1) is 18.4 Å². The van der Waals surface area contributed by atoms with E-state index in [0.29, 0.717) is 25.1 Å². The summed E-state index contributed by atoms with van der Waals surface area (Å²) in [6.07, 6.45) is 2.47. The number of benzene rings is 1. The second kappa shape index (κ2) is 12.6. The van der Waals surface area contributed by atoms with Crippen LogP contribution < -0.4 is 14.8 Å². The van der Waals surface area contributed by atoms with E-state index in [0.717, 1.165) is 16.7 Å². The second-order valence-electron chi connectivity index (χ2n) is 11.6. The summed E-state index contributed by atoms with van der Waals surface area (Å²) in [4.78, 5) is 36.0. The first-order chi connectivity index (χ1) is 20.1. The number of amides is 2. The molecule has 0 saturated carbocycles. The Labute approximate surface area is 252 Å². The number of hydrogen-bond donors (Lipinski definition) is 2. The van der Waals surface area contributed by atoms with Crippen LogP contribution >= 0.6 is 0 Å². The first-order valence-corrected chi connectivity index (χ1v) is 15.6. The van der Waals surface area contributed by atoms with Gasteiger partial charge in [0.15, 0.2) is 0 Å². The maximum Gasteiger partial charge on any atom is 0.408 e. The van der Waals surface area contributed by atoms with Crippen LogP contribution in [-0.2, 0) is 26.6 Å². The standard InChI is InChI=1S/C29H39N7O6S/c1-8-22(32-28(38)42-29(4,5)6)26(37)36-13-12-20(16-36)41-24-14-23(25-18(2)10-9-11-19(25)3)31-27(33-24)34-43(39,40)21-15-30-35(7)17-21/h9-11,14-15,17,20,22H,8,12-13,16H2,1-7H3,(H,32,38)(H,31,33,34)/t20?,22-/m0/s1. The number of ether oxygens (including phenoxy) is 2. The number of rotatable bonds is 9. The van der Waals surface area contributed by atoms with Crippen molar-refractivity contribution in [2.45, 2.75) is 77.0 Å². The molecular weight excluding hydrogens is 574 g/mol. The lowest BCUT2D eigenvalue weighted by atomic mass is 10.00. The molecule has 1 saturated heterocycles. The highest BCUT2D eigenvalue weighted by atomic mass is 32.2. The first kappa shape index (κ1) is 31.7. The molecule has 2 aromatic heterocycles. The fraction of sp³-hybridized carbons (Fsp3) is 0.483. The van der Waals surface area contributed by atoms with Crippen LogP contribution in [0, 0.1) is 13.8 Å². The molecule has 3 aromatic rings. The molecule has 4 rings (SSSR count). The van der Waals surface area contributed by atoms with Crippen molar-refractivity contribution < 1.29 is 27.5 Å². The zero-order chi connectivity index (χ0) is 31.5. The van der Waals surface area contributed by atoms with E-state index in [1.54, 1.807) is 38.8 Å². The zero-order valence-electron chi connectivity index (χ0n) is 25.5. The van der Waals surface area contributed by atoms with E-state index in [9.17, 15) is 18.0 Å². The largest absolute Gasteiger partial charge is 0.472 e. The van der Waals surface area contributed by atoms with Crippen molar-refractivity contribution in [1.29, 1.82) is 0 Å². The lowest BCUT2D eigenvalue weighted by Gasteiger charge is -2.25. The van der Waals surface area contributed by atoms with Crippen LogP contribution in [0.3, 0.4) is 0 Å². The van der Waals surface area contributed by atoms with Crippen molar-refractivity contribution in [1.82, 2.24) is 30.0 Å². The van der Waals surface area contributed by atoms with Crippen molar-refractivity contribution >= 4 is 28.0 Å². The van der Waals surface area contributed by atoms with Gasteiger partial charge in [-0.05, 0) is 52.2 Å². The van der Waals surface area contributed by atoms with Gasteiger partial charge in [-0.25, -0.2) is 22.9 Å². The molecule has 0 radical (unpaired) electrons. The highest BCUT2D eigenvalue weighted by Gasteiger charge is 2.33. The second-order valence-corrected chi connectivity index (χ2v) is 13.2. The number of carbonyl (C=O) groups is 2. The lowest BCUT2D eigenvalue weighted by Crippen LogP contribution is -2.49. The monoisotopic (exact) mass is 613 g/mol. The van der Waals surface area contributed by atoms with Gasteiger partial charge in [0, 0.05) is 37.8 Å². The molecule has 232 valence electrons. The molecule has 1 unspecified atom stereocenters. The van der Waals surface area contributed by atoms with E-state index in [2.05, 4.69) is 25.1 Å². The van der Waals surface area contributed by atoms with Gasteiger partial charge >= 0.3 is 6.09 Å². The van der Waals surface area contributed by atoms with E-state index in [-0.39, 0.29) is 29.2 Å². The van der Waals surface area contributed by atoms with E-state index in [1.165, 1.54) is 17.1 Å². The average molecular weight is 614 g/mol. The Hall–Kier alpha value is -4.20. The van der Waals surface area contributed by atoms with Gasteiger partial charge in [0.1, 0.15) is 22.6 Å². The summed E-state index contributed by atoms with van der Waals surface area (Å²) in [6.45, 7) is 11.7. The minimum absolute atomic E-state index is 0.0334. The summed E-state index contributed by atoms with van der Waals surface area (Å²) < 4.78 is 41.5. The highest BCUT2D eigenvalue weighted by molar-refractivity contribution is 7.92. The molecule has 0 spiro atoms.